The van der Waals surface area contributed by atoms with Crippen LogP contribution in [0.1, 0.15) is 36.6 Å². The van der Waals surface area contributed by atoms with Crippen molar-refractivity contribution >= 4 is 47.2 Å². The van der Waals surface area contributed by atoms with Gasteiger partial charge in [-0.1, -0.05) is 0 Å². The Morgan fingerprint density at radius 1 is 1.52 bits per heavy atom. The number of hydrogen-bond acceptors (Lipinski definition) is 5. The first kappa shape index (κ1) is 22.1. The Balaban J connectivity index is 0.00000312. The van der Waals surface area contributed by atoms with Gasteiger partial charge in [0.25, 0.3) is 0 Å². The van der Waals surface area contributed by atoms with Crippen molar-refractivity contribution in [3.63, 3.8) is 0 Å². The Kier molecular flexibility index (Phi) is 10.3. The van der Waals surface area contributed by atoms with E-state index in [9.17, 15) is 4.79 Å². The molecule has 1 unspecified atom stereocenters. The van der Waals surface area contributed by atoms with Crippen LogP contribution in [0.15, 0.2) is 11.2 Å². The third-order valence-corrected chi connectivity index (χ3v) is 4.90. The molecule has 0 amide bonds. The molecule has 1 aromatic heterocycles. The van der Waals surface area contributed by atoms with Crippen LogP contribution in [-0.2, 0) is 16.0 Å². The summed E-state index contributed by atoms with van der Waals surface area (Å²) in [6.45, 7) is 9.55. The lowest BCUT2D eigenvalue weighted by Gasteiger charge is -2.34. The SMILES string of the molecule is CCNC(=NCCc1ncc(C)s1)N1CCCC(C(=O)OCC)C1.I. The first-order chi connectivity index (χ1) is 11.6. The highest BCUT2D eigenvalue weighted by Gasteiger charge is 2.28. The van der Waals surface area contributed by atoms with Crippen molar-refractivity contribution in [1.29, 1.82) is 0 Å². The molecule has 0 spiro atoms. The Hall–Kier alpha value is -0.900. The zero-order valence-electron chi connectivity index (χ0n) is 15.3. The molecule has 1 atom stereocenters. The number of carbonyl (C=O) groups excluding carboxylic acids is 1. The molecule has 142 valence electrons. The molecule has 0 radical (unpaired) electrons. The Bertz CT molecular complexity index is 565. The van der Waals surface area contributed by atoms with E-state index < -0.39 is 0 Å². The van der Waals surface area contributed by atoms with E-state index in [-0.39, 0.29) is 35.9 Å². The summed E-state index contributed by atoms with van der Waals surface area (Å²) in [5, 5.41) is 4.46. The molecule has 25 heavy (non-hydrogen) atoms. The second kappa shape index (κ2) is 11.7. The van der Waals surface area contributed by atoms with E-state index in [0.717, 1.165) is 43.3 Å². The van der Waals surface area contributed by atoms with Crippen LogP contribution in [0, 0.1) is 12.8 Å². The predicted molar refractivity (Wildman–Crippen MR) is 113 cm³/mol. The quantitative estimate of drug-likeness (QED) is 0.294. The molecule has 8 heteroatoms. The number of halogens is 1. The highest BCUT2D eigenvalue weighted by molar-refractivity contribution is 14.0. The van der Waals surface area contributed by atoms with Gasteiger partial charge in [-0.15, -0.1) is 35.3 Å². The van der Waals surface area contributed by atoms with Crippen LogP contribution in [0.3, 0.4) is 0 Å². The number of aliphatic imine (C=N–C) groups is 1. The number of carbonyl (C=O) groups is 1. The summed E-state index contributed by atoms with van der Waals surface area (Å²) >= 11 is 1.72. The highest BCUT2D eigenvalue weighted by Crippen LogP contribution is 2.18. The maximum atomic E-state index is 12.0. The lowest BCUT2D eigenvalue weighted by molar-refractivity contribution is -0.149. The highest BCUT2D eigenvalue weighted by atomic mass is 127. The maximum Gasteiger partial charge on any atom is 0.310 e. The third-order valence-electron chi connectivity index (χ3n) is 3.93. The molecule has 6 nitrogen and oxygen atoms in total. The molecule has 0 aliphatic carbocycles. The number of hydrogen-bond donors (Lipinski definition) is 1. The molecule has 0 bridgehead atoms. The number of ether oxygens (including phenoxy) is 1. The monoisotopic (exact) mass is 480 g/mol. The maximum absolute atomic E-state index is 12.0. The smallest absolute Gasteiger partial charge is 0.310 e. The molecule has 2 rings (SSSR count). The average Bonchev–Trinajstić information content (AvgIpc) is 3.00. The summed E-state index contributed by atoms with van der Waals surface area (Å²) in [7, 11) is 0. The van der Waals surface area contributed by atoms with Gasteiger partial charge in [0.05, 0.1) is 17.5 Å². The predicted octanol–water partition coefficient (Wildman–Crippen LogP) is 2.85. The van der Waals surface area contributed by atoms with Gasteiger partial charge in [-0.25, -0.2) is 4.98 Å². The van der Waals surface area contributed by atoms with Gasteiger partial charge in [0.2, 0.25) is 0 Å². The summed E-state index contributed by atoms with van der Waals surface area (Å²) in [5.41, 5.74) is 0. The van der Waals surface area contributed by atoms with Gasteiger partial charge in [0.1, 0.15) is 0 Å². The van der Waals surface area contributed by atoms with Crippen molar-refractivity contribution < 1.29 is 9.53 Å². The van der Waals surface area contributed by atoms with Crippen LogP contribution >= 0.6 is 35.3 Å². The van der Waals surface area contributed by atoms with Gasteiger partial charge in [-0.2, -0.15) is 0 Å². The Morgan fingerprint density at radius 2 is 2.32 bits per heavy atom. The molecule has 1 aliphatic rings. The number of thiazole rings is 1. The minimum Gasteiger partial charge on any atom is -0.466 e. The lowest BCUT2D eigenvalue weighted by atomic mass is 9.98. The number of nitrogens with one attached hydrogen (secondary N) is 1. The molecule has 1 N–H and O–H groups in total. The molecule has 1 saturated heterocycles. The molecule has 1 fully saturated rings. The standard InChI is InChI=1S/C17H28N4O2S.HI/c1-4-18-17(19-9-8-15-20-11-13(3)24-15)21-10-6-7-14(12-21)16(22)23-5-2;/h11,14H,4-10,12H2,1-3H3,(H,18,19);1H. The van der Waals surface area contributed by atoms with E-state index in [1.807, 2.05) is 13.1 Å². The number of likely N-dealkylation sites (tertiary alicyclic amines) is 1. The number of rotatable bonds is 6. The van der Waals surface area contributed by atoms with Crippen LogP contribution < -0.4 is 5.32 Å². The summed E-state index contributed by atoms with van der Waals surface area (Å²) in [4.78, 5) is 24.5. The Morgan fingerprint density at radius 3 is 2.96 bits per heavy atom. The fraction of sp³-hybridized carbons (Fsp3) is 0.706. The lowest BCUT2D eigenvalue weighted by Crippen LogP contribution is -2.48. The van der Waals surface area contributed by atoms with Crippen molar-refractivity contribution in [1.82, 2.24) is 15.2 Å². The second-order valence-electron chi connectivity index (χ2n) is 5.89. The zero-order chi connectivity index (χ0) is 17.4. The summed E-state index contributed by atoms with van der Waals surface area (Å²) in [5.74, 6) is 0.750. The molecule has 1 aliphatic heterocycles. The summed E-state index contributed by atoms with van der Waals surface area (Å²) in [6.07, 6.45) is 4.64. The zero-order valence-corrected chi connectivity index (χ0v) is 18.4. The third kappa shape index (κ3) is 7.08. The number of piperidine rings is 1. The number of esters is 1. The fourth-order valence-electron chi connectivity index (χ4n) is 2.82. The summed E-state index contributed by atoms with van der Waals surface area (Å²) in [6, 6.07) is 0. The van der Waals surface area contributed by atoms with E-state index in [1.165, 1.54) is 4.88 Å². The second-order valence-corrected chi connectivity index (χ2v) is 7.21. The van der Waals surface area contributed by atoms with Crippen molar-refractivity contribution in [2.24, 2.45) is 10.9 Å². The van der Waals surface area contributed by atoms with Crippen LogP contribution in [-0.4, -0.2) is 54.6 Å². The van der Waals surface area contributed by atoms with Crippen LogP contribution in [0.5, 0.6) is 0 Å². The number of aryl methyl sites for hydroxylation is 1. The number of aromatic nitrogens is 1. The van der Waals surface area contributed by atoms with Crippen LogP contribution in [0.2, 0.25) is 0 Å². The van der Waals surface area contributed by atoms with Crippen molar-refractivity contribution in [3.8, 4) is 0 Å². The largest absolute Gasteiger partial charge is 0.466 e. The first-order valence-electron chi connectivity index (χ1n) is 8.75. The molecule has 0 saturated carbocycles. The van der Waals surface area contributed by atoms with E-state index in [4.69, 9.17) is 9.73 Å². The van der Waals surface area contributed by atoms with Crippen molar-refractivity contribution in [3.05, 3.63) is 16.1 Å². The van der Waals surface area contributed by atoms with E-state index >= 15 is 0 Å². The van der Waals surface area contributed by atoms with Gasteiger partial charge in [0, 0.05) is 43.7 Å². The molecular formula is C17H29IN4O2S. The number of nitrogens with zero attached hydrogens (tertiary/aromatic N) is 3. The summed E-state index contributed by atoms with van der Waals surface area (Å²) < 4.78 is 5.18. The van der Waals surface area contributed by atoms with Gasteiger partial charge in [0.15, 0.2) is 5.96 Å². The molecule has 0 aromatic carbocycles. The van der Waals surface area contributed by atoms with E-state index in [0.29, 0.717) is 19.7 Å². The normalized spacial score (nSPS) is 17.8. The average molecular weight is 480 g/mol. The first-order valence-corrected chi connectivity index (χ1v) is 9.56. The van der Waals surface area contributed by atoms with E-state index in [2.05, 4.69) is 29.0 Å². The van der Waals surface area contributed by atoms with Crippen molar-refractivity contribution in [2.75, 3.05) is 32.8 Å². The molecule has 2 heterocycles. The van der Waals surface area contributed by atoms with Crippen LogP contribution in [0.25, 0.3) is 0 Å². The molecule has 1 aromatic rings. The topological polar surface area (TPSA) is 66.8 Å². The van der Waals surface area contributed by atoms with E-state index in [1.54, 1.807) is 11.3 Å². The van der Waals surface area contributed by atoms with Gasteiger partial charge < -0.3 is 15.0 Å². The van der Waals surface area contributed by atoms with Crippen LogP contribution in [0.4, 0.5) is 0 Å². The van der Waals surface area contributed by atoms with Gasteiger partial charge in [-0.3, -0.25) is 9.79 Å². The minimum atomic E-state index is -0.0868. The minimum absolute atomic E-state index is 0. The Labute approximate surface area is 171 Å². The number of guanidine groups is 1. The van der Waals surface area contributed by atoms with Gasteiger partial charge in [-0.05, 0) is 33.6 Å². The fourth-order valence-corrected chi connectivity index (χ4v) is 3.60. The molecular weight excluding hydrogens is 451 g/mol. The van der Waals surface area contributed by atoms with Gasteiger partial charge >= 0.3 is 5.97 Å². The van der Waals surface area contributed by atoms with Crippen molar-refractivity contribution in [2.45, 2.75) is 40.0 Å².